The van der Waals surface area contributed by atoms with Crippen LogP contribution in [-0.4, -0.2) is 29.2 Å². The molecule has 1 aromatic rings. The van der Waals surface area contributed by atoms with Gasteiger partial charge in [0.25, 0.3) is 0 Å². The largest absolute Gasteiger partial charge is 2.00 e. The first-order valence-corrected chi connectivity index (χ1v) is 1.56. The van der Waals surface area contributed by atoms with E-state index in [4.69, 9.17) is 15.0 Å². The Morgan fingerprint density at radius 1 is 1.30 bits per heavy atom. The second-order valence-corrected chi connectivity index (χ2v) is 0.735. The van der Waals surface area contributed by atoms with Crippen molar-refractivity contribution in [3.05, 3.63) is 10.6 Å². The molecule has 0 bridgehead atoms. The smallest absolute Gasteiger partial charge is 0.652 e. The Labute approximate surface area is 69.2 Å². The molecule has 0 amide bonds. The third-order valence-electron chi connectivity index (χ3n) is 0.204. The maximum absolute atomic E-state index is 9.33. The average molecular weight is 160 g/mol. The summed E-state index contributed by atoms with van der Waals surface area (Å²) in [6, 6.07) is 0. The summed E-state index contributed by atoms with van der Waals surface area (Å²) < 4.78 is 10.6. The first kappa shape index (κ1) is 11.8. The minimum absolute atomic E-state index is 0. The van der Waals surface area contributed by atoms with E-state index in [0.29, 0.717) is 0 Å². The molecule has 0 atom stereocenters. The molecule has 0 saturated carbocycles. The van der Waals surface area contributed by atoms with Gasteiger partial charge in [-0.25, -0.2) is 0 Å². The molecule has 7 nitrogen and oxygen atoms in total. The van der Waals surface area contributed by atoms with Gasteiger partial charge in [-0.05, 0) is 6.16 Å². The van der Waals surface area contributed by atoms with Crippen LogP contribution in [-0.2, 0) is 0 Å². The van der Waals surface area contributed by atoms with E-state index in [1.807, 2.05) is 0 Å². The van der Waals surface area contributed by atoms with Crippen LogP contribution >= 0.6 is 0 Å². The minimum atomic E-state index is -2.33. The minimum Gasteiger partial charge on any atom is -0.652 e. The number of hydrogen-bond donors (Lipinski definition) is 0. The summed E-state index contributed by atoms with van der Waals surface area (Å²) in [5, 5.41) is 16.7. The summed E-state index contributed by atoms with van der Waals surface area (Å²) in [4.78, 5) is 17.7. The third-order valence-corrected chi connectivity index (χ3v) is 0.204. The topological polar surface area (TPSA) is 120 Å². The Hall–Kier alpha value is -0.894. The Balaban J connectivity index is 0. The molecular formula is C2MgO7. The van der Waals surface area contributed by atoms with Crippen molar-refractivity contribution in [2.75, 3.05) is 0 Å². The molecule has 1 heterocycles. The molecule has 10 heavy (non-hydrogen) atoms. The van der Waals surface area contributed by atoms with Crippen LogP contribution in [0, 0.1) is 0 Å². The van der Waals surface area contributed by atoms with Gasteiger partial charge < -0.3 is 15.0 Å². The second-order valence-electron chi connectivity index (χ2n) is 0.735. The molecular weight excluding hydrogens is 160 g/mol. The zero-order valence-corrected chi connectivity index (χ0v) is 5.98. The third kappa shape index (κ3) is 10.2. The normalized spacial score (nSPS) is 6.80. The zero-order valence-electron chi connectivity index (χ0n) is 4.56. The standard InChI is InChI=1S/CO4.CH2O3.Mg/c2-1-3-5-4-1;2-1(3)4;/h;(H2,2,3,4);/q;;+2/p-2. The van der Waals surface area contributed by atoms with Crippen LogP contribution in [0.2, 0.25) is 0 Å². The van der Waals surface area contributed by atoms with Gasteiger partial charge in [-0.2, -0.15) is 13.9 Å². The second kappa shape index (κ2) is 6.23. The van der Waals surface area contributed by atoms with Gasteiger partial charge in [0, 0.05) is 0 Å². The fourth-order valence-electron chi connectivity index (χ4n) is 0.0618. The quantitative estimate of drug-likeness (QED) is 0.293. The predicted octanol–water partition coefficient (Wildman–Crippen LogP) is -3.00. The number of carbonyl (C=O) groups excluding carboxylic acids is 1. The van der Waals surface area contributed by atoms with Crippen LogP contribution < -0.4 is 16.0 Å². The number of carboxylic acid groups (broad SMARTS) is 2. The van der Waals surface area contributed by atoms with Crippen molar-refractivity contribution in [2.24, 2.45) is 0 Å². The van der Waals surface area contributed by atoms with Gasteiger partial charge >= 0.3 is 28.9 Å². The van der Waals surface area contributed by atoms with Gasteiger partial charge in [0.1, 0.15) is 0 Å². The molecule has 0 saturated heterocycles. The maximum atomic E-state index is 9.33. The first-order valence-electron chi connectivity index (χ1n) is 1.56. The number of carbonyl (C=O) groups is 1. The van der Waals surface area contributed by atoms with Gasteiger partial charge in [0.05, 0.1) is 0 Å². The molecule has 0 fully saturated rings. The van der Waals surface area contributed by atoms with Crippen LogP contribution in [0.1, 0.15) is 0 Å². The van der Waals surface area contributed by atoms with Gasteiger partial charge in [-0.3, -0.25) is 0 Å². The molecule has 52 valence electrons. The van der Waals surface area contributed by atoms with E-state index in [1.165, 1.54) is 0 Å². The zero-order chi connectivity index (χ0) is 7.28. The molecule has 1 aromatic heterocycles. The summed E-state index contributed by atoms with van der Waals surface area (Å²) in [5.41, 5.74) is 0. The van der Waals surface area contributed by atoms with Crippen molar-refractivity contribution >= 4 is 29.2 Å². The predicted molar refractivity (Wildman–Crippen MR) is 20.7 cm³/mol. The van der Waals surface area contributed by atoms with E-state index in [0.717, 1.165) is 0 Å². The van der Waals surface area contributed by atoms with Crippen LogP contribution in [0.5, 0.6) is 0 Å². The van der Waals surface area contributed by atoms with Gasteiger partial charge in [-0.15, -0.1) is 0 Å². The van der Waals surface area contributed by atoms with E-state index in [9.17, 15) is 4.79 Å². The maximum Gasteiger partial charge on any atom is 2.00 e. The van der Waals surface area contributed by atoms with Crippen LogP contribution in [0.15, 0.2) is 18.7 Å². The van der Waals surface area contributed by atoms with E-state index in [-0.39, 0.29) is 23.1 Å². The van der Waals surface area contributed by atoms with Crippen molar-refractivity contribution in [3.8, 4) is 0 Å². The Bertz CT molecular complexity index is 188. The molecule has 0 spiro atoms. The summed E-state index contributed by atoms with van der Waals surface area (Å²) in [6.45, 7) is 0. The van der Waals surface area contributed by atoms with E-state index in [2.05, 4.69) is 13.9 Å². The number of rotatable bonds is 0. The summed E-state index contributed by atoms with van der Waals surface area (Å²) in [6.07, 6.45) is -2.33. The van der Waals surface area contributed by atoms with Crippen molar-refractivity contribution in [1.82, 2.24) is 0 Å². The summed E-state index contributed by atoms with van der Waals surface area (Å²) >= 11 is 0. The molecule has 8 heteroatoms. The molecule has 0 aliphatic heterocycles. The van der Waals surface area contributed by atoms with Crippen LogP contribution in [0.25, 0.3) is 0 Å². The molecule has 0 N–H and O–H groups in total. The van der Waals surface area contributed by atoms with E-state index < -0.39 is 12.0 Å². The van der Waals surface area contributed by atoms with Crippen molar-refractivity contribution < 1.29 is 28.9 Å². The Morgan fingerprint density at radius 2 is 1.50 bits per heavy atom. The van der Waals surface area contributed by atoms with Crippen molar-refractivity contribution in [3.63, 3.8) is 0 Å². The fourth-order valence-corrected chi connectivity index (χ4v) is 0.0618. The monoisotopic (exact) mass is 160 g/mol. The first-order chi connectivity index (χ1) is 4.13. The van der Waals surface area contributed by atoms with Crippen molar-refractivity contribution in [1.29, 1.82) is 0 Å². The average Bonchev–Trinajstić information content (AvgIpc) is 1.59. The van der Waals surface area contributed by atoms with Crippen LogP contribution in [0.4, 0.5) is 4.79 Å². The summed E-state index contributed by atoms with van der Waals surface area (Å²) in [5.74, 6) is -0.787. The summed E-state index contributed by atoms with van der Waals surface area (Å²) in [7, 11) is 0. The molecule has 0 aliphatic rings. The van der Waals surface area contributed by atoms with Crippen LogP contribution in [0.3, 0.4) is 0 Å². The Morgan fingerprint density at radius 3 is 1.50 bits per heavy atom. The molecule has 0 radical (unpaired) electrons. The molecule has 1 rings (SSSR count). The molecule has 0 aromatic carbocycles. The van der Waals surface area contributed by atoms with Gasteiger partial charge in [0.2, 0.25) is 0 Å². The fraction of sp³-hybridized carbons (Fsp3) is 0. The van der Waals surface area contributed by atoms with E-state index in [1.54, 1.807) is 0 Å². The van der Waals surface area contributed by atoms with Gasteiger partial charge in [0.15, 0.2) is 0 Å². The number of hydrogen-bond acceptors (Lipinski definition) is 7. The van der Waals surface area contributed by atoms with Gasteiger partial charge in [-0.1, -0.05) is 4.74 Å². The van der Waals surface area contributed by atoms with E-state index >= 15 is 0 Å². The Kier molecular flexibility index (Phi) is 7.38. The SMILES string of the molecule is O=C([O-])[O-].O=c1ooo1.[Mg+2]. The van der Waals surface area contributed by atoms with Crippen molar-refractivity contribution in [2.45, 2.75) is 0 Å². The molecule has 0 unspecified atom stereocenters. The molecule has 0 aliphatic carbocycles.